The zero-order valence-electron chi connectivity index (χ0n) is 44.1. The van der Waals surface area contributed by atoms with Gasteiger partial charge in [-0.05, 0) is 99.0 Å². The highest BCUT2D eigenvalue weighted by molar-refractivity contribution is 7.89. The second-order valence-electron chi connectivity index (χ2n) is 18.9. The first-order chi connectivity index (χ1) is 37.4. The minimum atomic E-state index is -4.53. The Bertz CT molecular complexity index is 3370. The molecule has 18 nitrogen and oxygen atoms in total. The van der Waals surface area contributed by atoms with Crippen LogP contribution in [0.5, 0.6) is 5.75 Å². The third-order valence-electron chi connectivity index (χ3n) is 13.3. The predicted molar refractivity (Wildman–Crippen MR) is 290 cm³/mol. The van der Waals surface area contributed by atoms with E-state index >= 15 is 0 Å². The van der Waals surface area contributed by atoms with Gasteiger partial charge in [0.2, 0.25) is 10.0 Å². The van der Waals surface area contributed by atoms with Gasteiger partial charge in [-0.25, -0.2) is 17.8 Å². The number of imidazole rings is 1. The molecule has 5 N–H and O–H groups in total. The Morgan fingerprint density at radius 3 is 2.44 bits per heavy atom. The number of amides is 1. The fraction of sp³-hybridized carbons (Fsp3) is 0.400. The van der Waals surface area contributed by atoms with Crippen molar-refractivity contribution in [2.45, 2.75) is 56.6 Å². The van der Waals surface area contributed by atoms with Gasteiger partial charge in [-0.3, -0.25) is 4.79 Å². The SMILES string of the molecule is COc1cc(S(=O)(=O)N(C)CCOCCOCCOCCNC(=O)c2cccc(Cn3cnc4c(N)cc(-c5c(C)noc5C)cc43)c2)ccc1NCC#Cc1cc2c(N[C@@H]3CCN(C)C[C@@H]3F)cccc2n1CC(F)(F)F. The molecule has 416 valence electrons. The van der Waals surface area contributed by atoms with Crippen molar-refractivity contribution in [1.29, 1.82) is 0 Å². The van der Waals surface area contributed by atoms with Gasteiger partial charge in [-0.15, -0.1) is 0 Å². The highest BCUT2D eigenvalue weighted by Gasteiger charge is 2.31. The van der Waals surface area contributed by atoms with Crippen LogP contribution in [-0.2, 0) is 37.3 Å². The van der Waals surface area contributed by atoms with Crippen molar-refractivity contribution < 1.29 is 54.2 Å². The van der Waals surface area contributed by atoms with Gasteiger partial charge in [0.25, 0.3) is 5.91 Å². The number of anilines is 3. The number of fused-ring (bicyclic) bond motifs is 2. The number of benzene rings is 4. The van der Waals surface area contributed by atoms with Crippen LogP contribution in [0.4, 0.5) is 34.6 Å². The van der Waals surface area contributed by atoms with Crippen LogP contribution in [0, 0.1) is 25.7 Å². The monoisotopic (exact) mass is 1100 g/mol. The van der Waals surface area contributed by atoms with E-state index in [0.29, 0.717) is 77.5 Å². The molecule has 1 fully saturated rings. The molecule has 0 unspecified atom stereocenters. The summed E-state index contributed by atoms with van der Waals surface area (Å²) in [7, 11) is 0.710. The van der Waals surface area contributed by atoms with Crippen LogP contribution in [0.3, 0.4) is 0 Å². The van der Waals surface area contributed by atoms with E-state index in [2.05, 4.69) is 37.9 Å². The van der Waals surface area contributed by atoms with Gasteiger partial charge < -0.3 is 59.2 Å². The van der Waals surface area contributed by atoms with Gasteiger partial charge >= 0.3 is 6.18 Å². The predicted octanol–water partition coefficient (Wildman–Crippen LogP) is 7.48. The second kappa shape index (κ2) is 25.5. The van der Waals surface area contributed by atoms with E-state index < -0.39 is 35.0 Å². The van der Waals surface area contributed by atoms with Crippen LogP contribution >= 0.6 is 0 Å². The molecule has 1 aliphatic heterocycles. The largest absolute Gasteiger partial charge is 0.495 e. The number of likely N-dealkylation sites (N-methyl/N-ethyl adjacent to an activating group) is 1. The zero-order valence-corrected chi connectivity index (χ0v) is 44.9. The van der Waals surface area contributed by atoms with Gasteiger partial charge in [0.15, 0.2) is 0 Å². The lowest BCUT2D eigenvalue weighted by Gasteiger charge is -2.33. The summed E-state index contributed by atoms with van der Waals surface area (Å²) >= 11 is 0. The molecular formula is C55H64F4N10O8S. The number of nitrogens with zero attached hydrogens (tertiary/aromatic N) is 6. The molecule has 0 spiro atoms. The van der Waals surface area contributed by atoms with E-state index in [4.69, 9.17) is 29.2 Å². The molecule has 4 aromatic carbocycles. The lowest BCUT2D eigenvalue weighted by Crippen LogP contribution is -2.46. The Morgan fingerprint density at radius 2 is 1.71 bits per heavy atom. The molecular weight excluding hydrogens is 1040 g/mol. The number of hydrogen-bond acceptors (Lipinski definition) is 14. The maximum atomic E-state index is 14.9. The number of halogens is 4. The number of alkyl halides is 4. The Morgan fingerprint density at radius 1 is 0.949 bits per heavy atom. The second-order valence-corrected chi connectivity index (χ2v) is 21.0. The van der Waals surface area contributed by atoms with Crippen molar-refractivity contribution in [3.05, 3.63) is 113 Å². The smallest absolute Gasteiger partial charge is 0.406 e. The van der Waals surface area contributed by atoms with Gasteiger partial charge in [-0.2, -0.15) is 17.5 Å². The Kier molecular flexibility index (Phi) is 18.6. The number of carbonyl (C=O) groups excluding carboxylic acids is 1. The Labute approximate surface area is 450 Å². The molecule has 0 bridgehead atoms. The fourth-order valence-electron chi connectivity index (χ4n) is 9.27. The van der Waals surface area contributed by atoms with Crippen molar-refractivity contribution in [3.63, 3.8) is 0 Å². The molecule has 0 saturated carbocycles. The zero-order chi connectivity index (χ0) is 55.6. The first-order valence-corrected chi connectivity index (χ1v) is 26.8. The van der Waals surface area contributed by atoms with E-state index in [0.717, 1.165) is 36.8 Å². The summed E-state index contributed by atoms with van der Waals surface area (Å²) in [4.78, 5) is 19.4. The number of methoxy groups -OCH3 is 1. The quantitative estimate of drug-likeness (QED) is 0.0201. The van der Waals surface area contributed by atoms with Crippen molar-refractivity contribution in [3.8, 4) is 28.7 Å². The van der Waals surface area contributed by atoms with E-state index in [1.807, 2.05) is 60.7 Å². The molecule has 1 saturated heterocycles. The lowest BCUT2D eigenvalue weighted by molar-refractivity contribution is -0.140. The minimum absolute atomic E-state index is 0.00947. The van der Waals surface area contributed by atoms with Crippen molar-refractivity contribution >= 4 is 54.9 Å². The summed E-state index contributed by atoms with van der Waals surface area (Å²) in [6, 6.07) is 21.6. The van der Waals surface area contributed by atoms with E-state index in [9.17, 15) is 30.8 Å². The third kappa shape index (κ3) is 14.1. The van der Waals surface area contributed by atoms with E-state index in [-0.39, 0.29) is 74.9 Å². The summed E-state index contributed by atoms with van der Waals surface area (Å²) in [5.41, 5.74) is 13.8. The third-order valence-corrected chi connectivity index (χ3v) is 15.1. The minimum Gasteiger partial charge on any atom is -0.495 e. The molecule has 23 heteroatoms. The van der Waals surface area contributed by atoms with E-state index in [1.54, 1.807) is 36.7 Å². The number of nitrogens with two attached hydrogens (primary N) is 1. The highest BCUT2D eigenvalue weighted by Crippen LogP contribution is 2.35. The van der Waals surface area contributed by atoms with Gasteiger partial charge in [0.1, 0.15) is 29.7 Å². The Balaban J connectivity index is 0.725. The van der Waals surface area contributed by atoms with Crippen LogP contribution in [0.25, 0.3) is 33.1 Å². The summed E-state index contributed by atoms with van der Waals surface area (Å²) < 4.78 is 115. The van der Waals surface area contributed by atoms with Crippen LogP contribution in [0.15, 0.2) is 94.6 Å². The highest BCUT2D eigenvalue weighted by atomic mass is 32.2. The molecule has 3 aromatic heterocycles. The molecule has 7 aromatic rings. The number of rotatable bonds is 24. The number of piperidine rings is 1. The van der Waals surface area contributed by atoms with Gasteiger partial charge in [-0.1, -0.05) is 29.3 Å². The molecule has 0 radical (unpaired) electrons. The Hall–Kier alpha value is -7.20. The van der Waals surface area contributed by atoms with Crippen LogP contribution < -0.4 is 26.4 Å². The van der Waals surface area contributed by atoms with Crippen LogP contribution in [0.1, 0.15) is 39.5 Å². The molecule has 2 atom stereocenters. The number of carbonyl (C=O) groups is 1. The fourth-order valence-corrected chi connectivity index (χ4v) is 10.4. The molecule has 1 amide bonds. The number of hydrogen-bond donors (Lipinski definition) is 4. The summed E-state index contributed by atoms with van der Waals surface area (Å²) in [6.07, 6.45) is -3.40. The number of nitrogens with one attached hydrogen (secondary N) is 3. The molecule has 4 heterocycles. The normalized spacial score (nSPS) is 15.2. The first kappa shape index (κ1) is 57.0. The molecule has 8 rings (SSSR count). The summed E-state index contributed by atoms with van der Waals surface area (Å²) in [6.45, 7) is 5.66. The summed E-state index contributed by atoms with van der Waals surface area (Å²) in [5, 5.41) is 13.7. The van der Waals surface area contributed by atoms with Crippen LogP contribution in [-0.4, -0.2) is 155 Å². The van der Waals surface area contributed by atoms with Crippen molar-refractivity contribution in [1.82, 2.24) is 33.8 Å². The van der Waals surface area contributed by atoms with Crippen molar-refractivity contribution in [2.75, 3.05) is 110 Å². The maximum absolute atomic E-state index is 14.9. The number of likely N-dealkylation sites (tertiary alicyclic amines) is 1. The van der Waals surface area contributed by atoms with Crippen LogP contribution in [0.2, 0.25) is 0 Å². The first-order valence-electron chi connectivity index (χ1n) is 25.3. The lowest BCUT2D eigenvalue weighted by atomic mass is 10.0. The number of ether oxygens (including phenoxy) is 4. The number of aromatic nitrogens is 4. The standard InChI is InChI=1S/C55H64F4N10O8S/c1-36-52(37(2)77-65-36)40-28-45(60)53-50(29-40)68(35-63-53)32-38-9-6-10-39(27-38)54(70)62-18-21-74-23-25-76-26-24-75-22-20-67(4)78(71,72)42-14-15-48(51(31-42)73-5)61-17-8-11-41-30-43-46(64-47-16-19-66(3)33-44(47)56)12-7-13-49(43)69(41)34-55(57,58)59/h6-7,9-10,12-15,27-31,35,44,47,61,64H,16-26,32-34,60H2,1-5H3,(H,62,70)/t44-,47+/m0/s1. The summed E-state index contributed by atoms with van der Waals surface area (Å²) in [5.74, 6) is 6.41. The topological polar surface area (TPSA) is 206 Å². The maximum Gasteiger partial charge on any atom is 0.406 e. The molecule has 0 aliphatic carbocycles. The van der Waals surface area contributed by atoms with E-state index in [1.165, 1.54) is 32.4 Å². The number of aryl methyl sites for hydroxylation is 2. The number of sulfonamides is 1. The molecule has 1 aliphatic rings. The number of nitrogen functional groups attached to an aromatic ring is 1. The average Bonchev–Trinajstić information content (AvgIpc) is 4.11. The van der Waals surface area contributed by atoms with Gasteiger partial charge in [0.05, 0.1) is 104 Å². The van der Waals surface area contributed by atoms with Gasteiger partial charge in [0, 0.05) is 68.0 Å². The average molecular weight is 1100 g/mol. The molecule has 78 heavy (non-hydrogen) atoms. The van der Waals surface area contributed by atoms with Crippen molar-refractivity contribution in [2.24, 2.45) is 0 Å².